The Labute approximate surface area is 108 Å². The van der Waals surface area contributed by atoms with E-state index in [-0.39, 0.29) is 12.2 Å². The van der Waals surface area contributed by atoms with E-state index in [1.807, 2.05) is 7.05 Å². The maximum absolute atomic E-state index is 11.9. The summed E-state index contributed by atoms with van der Waals surface area (Å²) < 4.78 is 25.2. The molecular formula is C11H22N2O4S. The molecule has 0 amide bonds. The van der Waals surface area contributed by atoms with Crippen molar-refractivity contribution in [3.05, 3.63) is 0 Å². The van der Waals surface area contributed by atoms with Crippen LogP contribution in [0.25, 0.3) is 0 Å². The summed E-state index contributed by atoms with van der Waals surface area (Å²) in [6.45, 7) is 2.00. The number of aliphatic carboxylic acids is 1. The fourth-order valence-electron chi connectivity index (χ4n) is 2.17. The number of nitrogens with one attached hydrogen (secondary N) is 1. The number of nitrogens with zero attached hydrogens (tertiary/aromatic N) is 1. The molecule has 0 atom stereocenters. The van der Waals surface area contributed by atoms with Gasteiger partial charge in [-0.05, 0) is 38.8 Å². The lowest BCUT2D eigenvalue weighted by Crippen LogP contribution is -2.40. The SMILES string of the molecule is CNCCC1CCN(S(=O)(=O)CCC(=O)O)CC1. The highest BCUT2D eigenvalue weighted by Crippen LogP contribution is 2.22. The fourth-order valence-corrected chi connectivity index (χ4v) is 3.63. The van der Waals surface area contributed by atoms with Crippen molar-refractivity contribution in [1.29, 1.82) is 0 Å². The van der Waals surface area contributed by atoms with E-state index < -0.39 is 16.0 Å². The Hall–Kier alpha value is -0.660. The average molecular weight is 278 g/mol. The van der Waals surface area contributed by atoms with E-state index in [2.05, 4.69) is 5.32 Å². The highest BCUT2D eigenvalue weighted by molar-refractivity contribution is 7.89. The van der Waals surface area contributed by atoms with E-state index in [9.17, 15) is 13.2 Å². The molecule has 0 aromatic rings. The summed E-state index contributed by atoms with van der Waals surface area (Å²) in [6, 6.07) is 0. The molecule has 0 bridgehead atoms. The number of rotatable bonds is 7. The third-order valence-corrected chi connectivity index (χ3v) is 5.22. The van der Waals surface area contributed by atoms with Gasteiger partial charge in [0.05, 0.1) is 12.2 Å². The molecule has 1 saturated heterocycles. The van der Waals surface area contributed by atoms with Crippen molar-refractivity contribution in [2.45, 2.75) is 25.7 Å². The van der Waals surface area contributed by atoms with Crippen molar-refractivity contribution < 1.29 is 18.3 Å². The van der Waals surface area contributed by atoms with E-state index in [0.29, 0.717) is 19.0 Å². The Morgan fingerprint density at radius 1 is 1.39 bits per heavy atom. The largest absolute Gasteiger partial charge is 0.481 e. The fraction of sp³-hybridized carbons (Fsp3) is 0.909. The predicted octanol–water partition coefficient (Wildman–Crippen LogP) is 0.112. The standard InChI is InChI=1S/C11H22N2O4S/c1-12-6-2-10-3-7-13(8-4-10)18(16,17)9-5-11(14)15/h10,12H,2-9H2,1H3,(H,14,15). The van der Waals surface area contributed by atoms with Gasteiger partial charge in [-0.1, -0.05) is 0 Å². The van der Waals surface area contributed by atoms with Gasteiger partial charge in [-0.25, -0.2) is 12.7 Å². The highest BCUT2D eigenvalue weighted by atomic mass is 32.2. The average Bonchev–Trinajstić information content (AvgIpc) is 2.34. The lowest BCUT2D eigenvalue weighted by molar-refractivity contribution is -0.136. The van der Waals surface area contributed by atoms with Crippen LogP contribution < -0.4 is 5.32 Å². The molecule has 1 fully saturated rings. The van der Waals surface area contributed by atoms with Crippen molar-refractivity contribution in [2.75, 3.05) is 32.4 Å². The van der Waals surface area contributed by atoms with E-state index in [1.54, 1.807) is 0 Å². The lowest BCUT2D eigenvalue weighted by atomic mass is 9.95. The topological polar surface area (TPSA) is 86.7 Å². The molecule has 0 saturated carbocycles. The molecule has 18 heavy (non-hydrogen) atoms. The molecule has 6 nitrogen and oxygen atoms in total. The van der Waals surface area contributed by atoms with Crippen LogP contribution in [0.3, 0.4) is 0 Å². The van der Waals surface area contributed by atoms with Crippen LogP contribution in [-0.4, -0.2) is 56.2 Å². The first-order chi connectivity index (χ1) is 8.45. The van der Waals surface area contributed by atoms with E-state index in [1.165, 1.54) is 4.31 Å². The summed E-state index contributed by atoms with van der Waals surface area (Å²) in [6.07, 6.45) is 2.49. The molecule has 106 valence electrons. The van der Waals surface area contributed by atoms with Gasteiger partial charge < -0.3 is 10.4 Å². The van der Waals surface area contributed by atoms with Crippen molar-refractivity contribution in [1.82, 2.24) is 9.62 Å². The zero-order chi connectivity index (χ0) is 13.6. The number of carboxylic acid groups (broad SMARTS) is 1. The number of piperidine rings is 1. The Bertz CT molecular complexity index is 361. The second-order valence-electron chi connectivity index (χ2n) is 4.69. The molecule has 0 radical (unpaired) electrons. The smallest absolute Gasteiger partial charge is 0.304 e. The Kier molecular flexibility index (Phi) is 6.04. The highest BCUT2D eigenvalue weighted by Gasteiger charge is 2.27. The van der Waals surface area contributed by atoms with Crippen molar-refractivity contribution in [3.8, 4) is 0 Å². The zero-order valence-corrected chi connectivity index (χ0v) is 11.6. The normalized spacial score (nSPS) is 18.9. The Morgan fingerprint density at radius 3 is 2.50 bits per heavy atom. The third kappa shape index (κ3) is 4.91. The van der Waals surface area contributed by atoms with Crippen molar-refractivity contribution >= 4 is 16.0 Å². The maximum atomic E-state index is 11.9. The summed E-state index contributed by atoms with van der Waals surface area (Å²) in [7, 11) is -1.48. The van der Waals surface area contributed by atoms with E-state index in [0.717, 1.165) is 25.8 Å². The minimum Gasteiger partial charge on any atom is -0.481 e. The van der Waals surface area contributed by atoms with Gasteiger partial charge in [-0.15, -0.1) is 0 Å². The van der Waals surface area contributed by atoms with Gasteiger partial charge in [0, 0.05) is 13.1 Å². The summed E-state index contributed by atoms with van der Waals surface area (Å²) in [5, 5.41) is 11.6. The molecule has 1 aliphatic heterocycles. The Balaban J connectivity index is 2.39. The molecule has 0 aromatic carbocycles. The molecule has 0 aliphatic carbocycles. The van der Waals surface area contributed by atoms with Crippen molar-refractivity contribution in [3.63, 3.8) is 0 Å². The van der Waals surface area contributed by atoms with Gasteiger partial charge in [0.15, 0.2) is 0 Å². The van der Waals surface area contributed by atoms with Gasteiger partial charge in [0.25, 0.3) is 0 Å². The quantitative estimate of drug-likeness (QED) is 0.690. The molecule has 0 aromatic heterocycles. The van der Waals surface area contributed by atoms with Crippen LogP contribution in [0.2, 0.25) is 0 Å². The van der Waals surface area contributed by atoms with Gasteiger partial charge in [0.1, 0.15) is 0 Å². The molecule has 2 N–H and O–H groups in total. The van der Waals surface area contributed by atoms with Crippen LogP contribution in [0.5, 0.6) is 0 Å². The maximum Gasteiger partial charge on any atom is 0.304 e. The molecule has 1 rings (SSSR count). The Morgan fingerprint density at radius 2 is 2.00 bits per heavy atom. The first kappa shape index (κ1) is 15.4. The minimum atomic E-state index is -3.39. The van der Waals surface area contributed by atoms with E-state index in [4.69, 9.17) is 5.11 Å². The number of hydrogen-bond acceptors (Lipinski definition) is 4. The van der Waals surface area contributed by atoms with Crippen LogP contribution in [0.4, 0.5) is 0 Å². The van der Waals surface area contributed by atoms with Crippen molar-refractivity contribution in [2.24, 2.45) is 5.92 Å². The number of hydrogen-bond donors (Lipinski definition) is 2. The van der Waals surface area contributed by atoms with Crippen LogP contribution in [0.1, 0.15) is 25.7 Å². The molecular weight excluding hydrogens is 256 g/mol. The first-order valence-corrected chi connectivity index (χ1v) is 7.91. The second kappa shape index (κ2) is 7.06. The summed E-state index contributed by atoms with van der Waals surface area (Å²) in [4.78, 5) is 10.4. The van der Waals surface area contributed by atoms with Gasteiger partial charge in [-0.3, -0.25) is 4.79 Å². The van der Waals surface area contributed by atoms with Crippen LogP contribution >= 0.6 is 0 Å². The molecule has 1 aliphatic rings. The second-order valence-corrected chi connectivity index (χ2v) is 6.78. The van der Waals surface area contributed by atoms with Gasteiger partial charge in [-0.2, -0.15) is 0 Å². The van der Waals surface area contributed by atoms with Crippen LogP contribution in [0, 0.1) is 5.92 Å². The molecule has 0 unspecified atom stereocenters. The summed E-state index contributed by atoms with van der Waals surface area (Å²) >= 11 is 0. The molecule has 1 heterocycles. The van der Waals surface area contributed by atoms with E-state index >= 15 is 0 Å². The van der Waals surface area contributed by atoms with Gasteiger partial charge >= 0.3 is 5.97 Å². The molecule has 0 spiro atoms. The zero-order valence-electron chi connectivity index (χ0n) is 10.8. The monoisotopic (exact) mass is 278 g/mol. The summed E-state index contributed by atoms with van der Waals surface area (Å²) in [5.41, 5.74) is 0. The number of sulfonamides is 1. The summed E-state index contributed by atoms with van der Waals surface area (Å²) in [5.74, 6) is -0.783. The first-order valence-electron chi connectivity index (χ1n) is 6.30. The minimum absolute atomic E-state index is 0.288. The van der Waals surface area contributed by atoms with Gasteiger partial charge in [0.2, 0.25) is 10.0 Å². The lowest BCUT2D eigenvalue weighted by Gasteiger charge is -2.31. The predicted molar refractivity (Wildman–Crippen MR) is 68.9 cm³/mol. The van der Waals surface area contributed by atoms with Crippen LogP contribution in [0.15, 0.2) is 0 Å². The number of carbonyl (C=O) groups is 1. The third-order valence-electron chi connectivity index (χ3n) is 3.34. The molecule has 7 heteroatoms. The van der Waals surface area contributed by atoms with Crippen LogP contribution in [-0.2, 0) is 14.8 Å². The number of carboxylic acids is 1.